The second-order valence-electron chi connectivity index (χ2n) is 3.92. The highest BCUT2D eigenvalue weighted by atomic mass is 32.2. The summed E-state index contributed by atoms with van der Waals surface area (Å²) in [5.41, 5.74) is 7.12. The molecule has 0 bridgehead atoms. The van der Waals surface area contributed by atoms with Gasteiger partial charge in [-0.25, -0.2) is 13.1 Å². The van der Waals surface area contributed by atoms with Gasteiger partial charge in [-0.1, -0.05) is 13.0 Å². The summed E-state index contributed by atoms with van der Waals surface area (Å²) in [6.07, 6.45) is 0.0322. The van der Waals surface area contributed by atoms with Crippen LogP contribution in [0, 0.1) is 0 Å². The molecule has 0 saturated carbocycles. The number of sulfonamides is 1. The molecule has 6 heteroatoms. The van der Waals surface area contributed by atoms with Gasteiger partial charge in [0.2, 0.25) is 10.0 Å². The average molecular weight is 258 g/mol. The van der Waals surface area contributed by atoms with Gasteiger partial charge in [0, 0.05) is 12.2 Å². The number of nitrogen functional groups attached to an aromatic ring is 1. The second kappa shape index (κ2) is 5.48. The Balaban J connectivity index is 2.96. The van der Waals surface area contributed by atoms with E-state index in [9.17, 15) is 8.42 Å². The van der Waals surface area contributed by atoms with Crippen molar-refractivity contribution in [2.75, 3.05) is 12.3 Å². The van der Waals surface area contributed by atoms with Crippen LogP contribution in [0.2, 0.25) is 0 Å². The van der Waals surface area contributed by atoms with Gasteiger partial charge in [-0.05, 0) is 31.0 Å². The second-order valence-corrected chi connectivity index (χ2v) is 5.68. The number of hydrogen-bond acceptors (Lipinski definition) is 4. The van der Waals surface area contributed by atoms with Crippen LogP contribution < -0.4 is 10.5 Å². The molecule has 1 aromatic carbocycles. The SMILES string of the molecule is CCc1ccc(S(=O)(=O)NC[C@@H](C)O)cc1N. The molecule has 1 rings (SSSR count). The van der Waals surface area contributed by atoms with Crippen molar-refractivity contribution in [3.05, 3.63) is 23.8 Å². The van der Waals surface area contributed by atoms with E-state index in [1.807, 2.05) is 6.92 Å². The van der Waals surface area contributed by atoms with E-state index in [2.05, 4.69) is 4.72 Å². The number of hydrogen-bond donors (Lipinski definition) is 3. The van der Waals surface area contributed by atoms with E-state index < -0.39 is 16.1 Å². The maximum atomic E-state index is 11.8. The Morgan fingerprint density at radius 3 is 2.59 bits per heavy atom. The van der Waals surface area contributed by atoms with Crippen molar-refractivity contribution in [3.63, 3.8) is 0 Å². The van der Waals surface area contributed by atoms with Crippen LogP contribution in [-0.4, -0.2) is 26.2 Å². The summed E-state index contributed by atoms with van der Waals surface area (Å²) < 4.78 is 25.9. The molecule has 0 saturated heterocycles. The largest absolute Gasteiger partial charge is 0.398 e. The molecule has 0 spiro atoms. The zero-order chi connectivity index (χ0) is 13.1. The molecule has 5 nitrogen and oxygen atoms in total. The molecule has 96 valence electrons. The van der Waals surface area contributed by atoms with E-state index in [4.69, 9.17) is 10.8 Å². The predicted molar refractivity (Wildman–Crippen MR) is 67.1 cm³/mol. The van der Waals surface area contributed by atoms with Gasteiger partial charge < -0.3 is 10.8 Å². The average Bonchev–Trinajstić information content (AvgIpc) is 2.26. The molecule has 4 N–H and O–H groups in total. The first-order valence-corrected chi connectivity index (χ1v) is 6.91. The molecule has 17 heavy (non-hydrogen) atoms. The number of nitrogens with one attached hydrogen (secondary N) is 1. The Labute approximate surface area is 102 Å². The van der Waals surface area contributed by atoms with Gasteiger partial charge in [-0.3, -0.25) is 0 Å². The standard InChI is InChI=1S/C11H18N2O3S/c1-3-9-4-5-10(6-11(9)12)17(15,16)13-7-8(2)14/h4-6,8,13-14H,3,7,12H2,1-2H3/t8-/m1/s1. The number of aryl methyl sites for hydroxylation is 1. The van der Waals surface area contributed by atoms with E-state index in [1.165, 1.54) is 19.1 Å². The minimum absolute atomic E-state index is 0.0161. The third kappa shape index (κ3) is 3.69. The Kier molecular flexibility index (Phi) is 4.50. The lowest BCUT2D eigenvalue weighted by Crippen LogP contribution is -2.30. The van der Waals surface area contributed by atoms with Crippen LogP contribution in [0.5, 0.6) is 0 Å². The fourth-order valence-electron chi connectivity index (χ4n) is 1.38. The van der Waals surface area contributed by atoms with Crippen LogP contribution in [0.1, 0.15) is 19.4 Å². The van der Waals surface area contributed by atoms with Gasteiger partial charge in [0.15, 0.2) is 0 Å². The first kappa shape index (κ1) is 14.0. The van der Waals surface area contributed by atoms with E-state index in [1.54, 1.807) is 6.07 Å². The Morgan fingerprint density at radius 1 is 1.47 bits per heavy atom. The zero-order valence-corrected chi connectivity index (χ0v) is 10.8. The van der Waals surface area contributed by atoms with Gasteiger partial charge in [0.05, 0.1) is 11.0 Å². The summed E-state index contributed by atoms with van der Waals surface area (Å²) in [6.45, 7) is 3.44. The van der Waals surface area contributed by atoms with E-state index in [0.29, 0.717) is 5.69 Å². The highest BCUT2D eigenvalue weighted by Gasteiger charge is 2.15. The highest BCUT2D eigenvalue weighted by molar-refractivity contribution is 7.89. The fraction of sp³-hybridized carbons (Fsp3) is 0.455. The van der Waals surface area contributed by atoms with Gasteiger partial charge in [0.25, 0.3) is 0 Å². The lowest BCUT2D eigenvalue weighted by atomic mass is 10.1. The molecule has 1 atom stereocenters. The van der Waals surface area contributed by atoms with Gasteiger partial charge in [-0.15, -0.1) is 0 Å². The normalized spacial score (nSPS) is 13.6. The lowest BCUT2D eigenvalue weighted by molar-refractivity contribution is 0.198. The minimum atomic E-state index is -3.59. The van der Waals surface area contributed by atoms with Gasteiger partial charge >= 0.3 is 0 Å². The summed E-state index contributed by atoms with van der Waals surface area (Å²) >= 11 is 0. The molecule has 0 aliphatic carbocycles. The topological polar surface area (TPSA) is 92.4 Å². The Bertz CT molecular complexity index is 483. The number of nitrogens with two attached hydrogens (primary N) is 1. The van der Waals surface area contributed by atoms with Crippen LogP contribution in [-0.2, 0) is 16.4 Å². The van der Waals surface area contributed by atoms with Gasteiger partial charge in [-0.2, -0.15) is 0 Å². The summed E-state index contributed by atoms with van der Waals surface area (Å²) in [5, 5.41) is 9.05. The lowest BCUT2D eigenvalue weighted by Gasteiger charge is -2.10. The third-order valence-electron chi connectivity index (χ3n) is 2.38. The zero-order valence-electron chi connectivity index (χ0n) is 9.97. The van der Waals surface area contributed by atoms with E-state index >= 15 is 0 Å². The fourth-order valence-corrected chi connectivity index (χ4v) is 2.53. The molecule has 0 aromatic heterocycles. The van der Waals surface area contributed by atoms with Crippen LogP contribution >= 0.6 is 0 Å². The summed E-state index contributed by atoms with van der Waals surface area (Å²) in [4.78, 5) is 0.118. The molecule has 0 heterocycles. The number of rotatable bonds is 5. The van der Waals surface area contributed by atoms with E-state index in [0.717, 1.165) is 12.0 Å². The molecular formula is C11H18N2O3S. The van der Waals surface area contributed by atoms with Crippen LogP contribution in [0.25, 0.3) is 0 Å². The van der Waals surface area contributed by atoms with Crippen molar-refractivity contribution >= 4 is 15.7 Å². The maximum Gasteiger partial charge on any atom is 0.240 e. The van der Waals surface area contributed by atoms with Crippen molar-refractivity contribution in [1.82, 2.24) is 4.72 Å². The van der Waals surface area contributed by atoms with Crippen molar-refractivity contribution in [3.8, 4) is 0 Å². The summed E-state index contributed by atoms with van der Waals surface area (Å²) in [6, 6.07) is 4.65. The third-order valence-corrected chi connectivity index (χ3v) is 3.80. The van der Waals surface area contributed by atoms with Crippen molar-refractivity contribution in [2.45, 2.75) is 31.3 Å². The summed E-state index contributed by atoms with van der Waals surface area (Å²) in [5.74, 6) is 0. The van der Waals surface area contributed by atoms with Gasteiger partial charge in [0.1, 0.15) is 0 Å². The van der Waals surface area contributed by atoms with Crippen LogP contribution in [0.4, 0.5) is 5.69 Å². The highest BCUT2D eigenvalue weighted by Crippen LogP contribution is 2.18. The number of benzene rings is 1. The molecular weight excluding hydrogens is 240 g/mol. The Morgan fingerprint density at radius 2 is 2.12 bits per heavy atom. The predicted octanol–water partition coefficient (Wildman–Crippen LogP) is 0.490. The van der Waals surface area contributed by atoms with Crippen molar-refractivity contribution < 1.29 is 13.5 Å². The smallest absolute Gasteiger partial charge is 0.240 e. The minimum Gasteiger partial charge on any atom is -0.398 e. The van der Waals surface area contributed by atoms with Crippen molar-refractivity contribution in [2.24, 2.45) is 0 Å². The quantitative estimate of drug-likeness (QED) is 0.670. The molecule has 0 unspecified atom stereocenters. The molecule has 0 amide bonds. The molecule has 0 aliphatic rings. The monoisotopic (exact) mass is 258 g/mol. The molecule has 0 radical (unpaired) electrons. The first-order valence-electron chi connectivity index (χ1n) is 5.43. The Hall–Kier alpha value is -1.11. The van der Waals surface area contributed by atoms with E-state index in [-0.39, 0.29) is 11.4 Å². The number of anilines is 1. The van der Waals surface area contributed by atoms with Crippen LogP contribution in [0.3, 0.4) is 0 Å². The van der Waals surface area contributed by atoms with Crippen molar-refractivity contribution in [1.29, 1.82) is 0 Å². The van der Waals surface area contributed by atoms with Crippen LogP contribution in [0.15, 0.2) is 23.1 Å². The first-order chi connectivity index (χ1) is 7.86. The molecule has 1 aromatic rings. The molecule has 0 aliphatic heterocycles. The summed E-state index contributed by atoms with van der Waals surface area (Å²) in [7, 11) is -3.59. The molecule has 0 fully saturated rings. The number of aliphatic hydroxyl groups excluding tert-OH is 1. The number of aliphatic hydroxyl groups is 1. The maximum absolute atomic E-state index is 11.8.